The zero-order valence-electron chi connectivity index (χ0n) is 22.1. The number of para-hydroxylation sites is 1. The van der Waals surface area contributed by atoms with E-state index in [1.165, 1.54) is 4.90 Å². The monoisotopic (exact) mass is 510 g/mol. The third kappa shape index (κ3) is 4.30. The molecule has 5 atom stereocenters. The summed E-state index contributed by atoms with van der Waals surface area (Å²) in [6.07, 6.45) is 5.19. The molecule has 3 aliphatic rings. The average Bonchev–Trinajstić information content (AvgIpc) is 3.42. The van der Waals surface area contributed by atoms with Gasteiger partial charge in [0.2, 0.25) is 5.91 Å². The van der Waals surface area contributed by atoms with Crippen molar-refractivity contribution in [2.24, 2.45) is 11.8 Å². The van der Waals surface area contributed by atoms with Gasteiger partial charge in [0.05, 0.1) is 18.1 Å². The molecule has 4 rings (SSSR count). The first kappa shape index (κ1) is 27.1. The smallest absolute Gasteiger partial charge is 0.312 e. The van der Waals surface area contributed by atoms with Crippen molar-refractivity contribution in [1.29, 1.82) is 0 Å². The Kier molecular flexibility index (Phi) is 7.62. The molecule has 0 aliphatic carbocycles. The maximum Gasteiger partial charge on any atom is 0.312 e. The van der Waals surface area contributed by atoms with Gasteiger partial charge in [-0.1, -0.05) is 30.4 Å². The Morgan fingerprint density at radius 3 is 2.57 bits per heavy atom. The first-order valence-electron chi connectivity index (χ1n) is 13.0. The molecule has 1 spiro atoms. The Bertz CT molecular complexity index is 1080. The van der Waals surface area contributed by atoms with Gasteiger partial charge in [0.25, 0.3) is 5.91 Å². The predicted octanol–water partition coefficient (Wildman–Crippen LogP) is 3.09. The molecule has 3 fully saturated rings. The second kappa shape index (κ2) is 10.4. The standard InChI is InChI=1S/C29H38N2O6/c1-6-8-18-36-27(35)22-21-25(33)31(16-10-17-32)24(29(21)14-13-28(22,5)37-29)26(34)30(15-7-2)23-19(3)11-9-12-20(23)4/h6-7,9,11-12,21-22,24,32H,1-2,8,10,13-18H2,3-5H3/t21-,22-,24?,28+,29?/m0/s1. The van der Waals surface area contributed by atoms with Crippen molar-refractivity contribution in [3.8, 4) is 0 Å². The number of aryl methyl sites for hydroxylation is 2. The summed E-state index contributed by atoms with van der Waals surface area (Å²) in [6.45, 7) is 13.8. The predicted molar refractivity (Wildman–Crippen MR) is 140 cm³/mol. The number of aliphatic hydroxyl groups excluding tert-OH is 1. The van der Waals surface area contributed by atoms with E-state index in [2.05, 4.69) is 13.2 Å². The Hall–Kier alpha value is -2.97. The highest BCUT2D eigenvalue weighted by atomic mass is 16.6. The largest absolute Gasteiger partial charge is 0.465 e. The molecule has 3 heterocycles. The number of likely N-dealkylation sites (tertiary alicyclic amines) is 1. The number of carbonyl (C=O) groups is 3. The number of ether oxygens (including phenoxy) is 2. The number of rotatable bonds is 11. The summed E-state index contributed by atoms with van der Waals surface area (Å²) >= 11 is 0. The van der Waals surface area contributed by atoms with Gasteiger partial charge in [0.15, 0.2) is 0 Å². The van der Waals surface area contributed by atoms with E-state index in [9.17, 15) is 19.5 Å². The van der Waals surface area contributed by atoms with Gasteiger partial charge in [-0.15, -0.1) is 13.2 Å². The van der Waals surface area contributed by atoms with Crippen LogP contribution in [0.25, 0.3) is 0 Å². The minimum Gasteiger partial charge on any atom is -0.465 e. The molecule has 0 aromatic heterocycles. The number of carbonyl (C=O) groups excluding carboxylic acids is 3. The molecule has 1 aromatic carbocycles. The van der Waals surface area contributed by atoms with Gasteiger partial charge in [-0.25, -0.2) is 0 Å². The number of benzene rings is 1. The summed E-state index contributed by atoms with van der Waals surface area (Å²) in [5, 5.41) is 9.56. The zero-order chi connectivity index (χ0) is 27.0. The molecule has 8 heteroatoms. The van der Waals surface area contributed by atoms with E-state index in [0.717, 1.165) is 16.8 Å². The van der Waals surface area contributed by atoms with Crippen molar-refractivity contribution in [3.63, 3.8) is 0 Å². The zero-order valence-corrected chi connectivity index (χ0v) is 22.1. The quantitative estimate of drug-likeness (QED) is 0.279. The van der Waals surface area contributed by atoms with Crippen LogP contribution in [0.2, 0.25) is 0 Å². The van der Waals surface area contributed by atoms with E-state index >= 15 is 0 Å². The first-order valence-corrected chi connectivity index (χ1v) is 13.0. The van der Waals surface area contributed by atoms with Crippen LogP contribution in [0.1, 0.15) is 43.7 Å². The number of hydrogen-bond donors (Lipinski definition) is 1. The number of aliphatic hydroxyl groups is 1. The lowest BCUT2D eigenvalue weighted by atomic mass is 9.66. The summed E-state index contributed by atoms with van der Waals surface area (Å²) in [4.78, 5) is 45.0. The van der Waals surface area contributed by atoms with Crippen LogP contribution < -0.4 is 4.90 Å². The van der Waals surface area contributed by atoms with E-state index in [4.69, 9.17) is 9.47 Å². The molecule has 200 valence electrons. The number of fused-ring (bicyclic) bond motifs is 1. The molecule has 1 N–H and O–H groups in total. The van der Waals surface area contributed by atoms with Gasteiger partial charge >= 0.3 is 5.97 Å². The second-order valence-corrected chi connectivity index (χ2v) is 10.6. The van der Waals surface area contributed by atoms with Crippen LogP contribution in [0.4, 0.5) is 5.69 Å². The van der Waals surface area contributed by atoms with Crippen LogP contribution in [-0.2, 0) is 23.9 Å². The van der Waals surface area contributed by atoms with Crippen molar-refractivity contribution in [1.82, 2.24) is 4.90 Å². The lowest BCUT2D eigenvalue weighted by Gasteiger charge is -2.37. The number of anilines is 1. The number of amides is 2. The third-order valence-electron chi connectivity index (χ3n) is 8.18. The molecule has 3 saturated heterocycles. The topological polar surface area (TPSA) is 96.4 Å². The van der Waals surface area contributed by atoms with Gasteiger partial charge in [0, 0.05) is 25.4 Å². The van der Waals surface area contributed by atoms with Crippen LogP contribution in [0.5, 0.6) is 0 Å². The summed E-state index contributed by atoms with van der Waals surface area (Å²) in [5.41, 5.74) is 0.609. The van der Waals surface area contributed by atoms with Crippen molar-refractivity contribution in [3.05, 3.63) is 54.6 Å². The molecule has 8 nitrogen and oxygen atoms in total. The van der Waals surface area contributed by atoms with E-state index in [1.54, 1.807) is 17.1 Å². The van der Waals surface area contributed by atoms with Crippen molar-refractivity contribution in [2.75, 3.05) is 31.2 Å². The molecular weight excluding hydrogens is 472 g/mol. The highest BCUT2D eigenvalue weighted by Gasteiger charge is 2.78. The van der Waals surface area contributed by atoms with Crippen LogP contribution >= 0.6 is 0 Å². The van der Waals surface area contributed by atoms with Crippen molar-refractivity contribution < 1.29 is 29.0 Å². The van der Waals surface area contributed by atoms with E-state index in [0.29, 0.717) is 25.7 Å². The molecule has 2 amide bonds. The van der Waals surface area contributed by atoms with E-state index in [1.807, 2.05) is 39.0 Å². The van der Waals surface area contributed by atoms with Gasteiger partial charge in [-0.3, -0.25) is 14.4 Å². The summed E-state index contributed by atoms with van der Waals surface area (Å²) in [5.74, 6) is -2.66. The Labute approximate surface area is 218 Å². The normalized spacial score (nSPS) is 29.8. The van der Waals surface area contributed by atoms with E-state index in [-0.39, 0.29) is 38.1 Å². The summed E-state index contributed by atoms with van der Waals surface area (Å²) < 4.78 is 12.2. The van der Waals surface area contributed by atoms with E-state index < -0.39 is 35.0 Å². The Balaban J connectivity index is 1.78. The molecular formula is C29H38N2O6. The van der Waals surface area contributed by atoms with Crippen LogP contribution in [0, 0.1) is 25.7 Å². The Morgan fingerprint density at radius 2 is 1.95 bits per heavy atom. The molecule has 2 unspecified atom stereocenters. The minimum atomic E-state index is -1.14. The van der Waals surface area contributed by atoms with Gasteiger partial charge in [0.1, 0.15) is 17.6 Å². The fraction of sp³-hybridized carbons (Fsp3) is 0.552. The van der Waals surface area contributed by atoms with Crippen molar-refractivity contribution in [2.45, 2.75) is 63.7 Å². The fourth-order valence-corrected chi connectivity index (χ4v) is 6.68. The molecule has 1 aromatic rings. The van der Waals surface area contributed by atoms with Crippen molar-refractivity contribution >= 4 is 23.5 Å². The fourth-order valence-electron chi connectivity index (χ4n) is 6.68. The van der Waals surface area contributed by atoms with Gasteiger partial charge in [-0.05, 0) is 57.6 Å². The number of nitrogens with zero attached hydrogens (tertiary/aromatic N) is 2. The number of hydrogen-bond acceptors (Lipinski definition) is 6. The molecule has 2 bridgehead atoms. The maximum absolute atomic E-state index is 14.5. The average molecular weight is 511 g/mol. The minimum absolute atomic E-state index is 0.124. The second-order valence-electron chi connectivity index (χ2n) is 10.6. The lowest BCUT2D eigenvalue weighted by molar-refractivity contribution is -0.159. The lowest BCUT2D eigenvalue weighted by Crippen LogP contribution is -2.56. The SMILES string of the molecule is C=CCCOC(=O)[C@@H]1[C@H]2C(=O)N(CCCO)C(C(=O)N(CC=C)c3c(C)cccc3C)C23CC[C@@]1(C)O3. The third-order valence-corrected chi connectivity index (χ3v) is 8.18. The number of esters is 1. The van der Waals surface area contributed by atoms with Crippen LogP contribution in [0.3, 0.4) is 0 Å². The molecule has 3 aliphatic heterocycles. The highest BCUT2D eigenvalue weighted by Crippen LogP contribution is 2.63. The van der Waals surface area contributed by atoms with Gasteiger partial charge in [-0.2, -0.15) is 0 Å². The highest BCUT2D eigenvalue weighted by molar-refractivity contribution is 6.05. The Morgan fingerprint density at radius 1 is 1.24 bits per heavy atom. The van der Waals surface area contributed by atoms with Crippen LogP contribution in [-0.4, -0.2) is 71.3 Å². The first-order chi connectivity index (χ1) is 17.7. The molecule has 0 radical (unpaired) electrons. The maximum atomic E-state index is 14.5. The van der Waals surface area contributed by atoms with Crippen LogP contribution in [0.15, 0.2) is 43.5 Å². The summed E-state index contributed by atoms with van der Waals surface area (Å²) in [7, 11) is 0. The summed E-state index contributed by atoms with van der Waals surface area (Å²) in [6, 6.07) is 4.91. The molecule has 37 heavy (non-hydrogen) atoms. The van der Waals surface area contributed by atoms with Gasteiger partial charge < -0.3 is 24.4 Å². The molecule has 0 saturated carbocycles.